The van der Waals surface area contributed by atoms with Crippen LogP contribution in [0.25, 0.3) is 22.3 Å². The van der Waals surface area contributed by atoms with E-state index in [0.717, 1.165) is 10.9 Å². The number of carbonyl (C=O) groups is 2. The first-order valence-corrected chi connectivity index (χ1v) is 18.6. The van der Waals surface area contributed by atoms with Crippen molar-refractivity contribution >= 4 is 34.4 Å². The Hall–Kier alpha value is -4.93. The Morgan fingerprint density at radius 1 is 1.02 bits per heavy atom. The fraction of sp³-hybridized carbons (Fsp3) is 0.375. The average Bonchev–Trinajstić information content (AvgIpc) is 3.82. The van der Waals surface area contributed by atoms with Gasteiger partial charge >= 0.3 is 6.18 Å². The van der Waals surface area contributed by atoms with E-state index >= 15 is 0 Å². The van der Waals surface area contributed by atoms with Crippen molar-refractivity contribution in [3.8, 4) is 17.1 Å². The Labute approximate surface area is 325 Å². The molecule has 12 nitrogen and oxygen atoms in total. The van der Waals surface area contributed by atoms with Crippen molar-refractivity contribution in [1.29, 1.82) is 0 Å². The predicted octanol–water partition coefficient (Wildman–Crippen LogP) is 5.13. The fourth-order valence-corrected chi connectivity index (χ4v) is 7.50. The second-order valence-corrected chi connectivity index (χ2v) is 14.6. The lowest BCUT2D eigenvalue weighted by Gasteiger charge is -2.41. The molecule has 2 aliphatic rings. The highest BCUT2D eigenvalue weighted by atomic mass is 35.5. The van der Waals surface area contributed by atoms with E-state index in [0.29, 0.717) is 45.7 Å². The summed E-state index contributed by atoms with van der Waals surface area (Å²) >= 11 is 6.14. The molecular weight excluding hydrogens is 755 g/mol. The van der Waals surface area contributed by atoms with Gasteiger partial charge in [0.1, 0.15) is 48.3 Å². The number of carbonyl (C=O) groups excluding carboxylic acids is 2. The first kappa shape index (κ1) is 39.3. The molecule has 296 valence electrons. The van der Waals surface area contributed by atoms with E-state index in [9.17, 15) is 33.0 Å². The quantitative estimate of drug-likeness (QED) is 0.126. The van der Waals surface area contributed by atoms with Crippen LogP contribution in [0, 0.1) is 5.92 Å². The number of amides is 2. The first-order valence-electron chi connectivity index (χ1n) is 18.2. The van der Waals surface area contributed by atoms with E-state index in [4.69, 9.17) is 25.2 Å². The van der Waals surface area contributed by atoms with E-state index in [1.165, 1.54) is 0 Å². The second-order valence-electron chi connectivity index (χ2n) is 14.2. The minimum atomic E-state index is -4.62. The van der Waals surface area contributed by atoms with Gasteiger partial charge in [0.25, 0.3) is 0 Å². The predicted molar refractivity (Wildman–Crippen MR) is 200 cm³/mol. The number of halogens is 4. The molecule has 0 radical (unpaired) electrons. The standard InChI is InChI=1S/C40H41ClF3N5O7/c41-27-5-3-4-24(14-27)34-9-8-29(55-34)20-48-12-13-49(32(21-48)39(53)46-23-40(42,43)44)19-28(50)15-26(17-30-16-25-10-11-45-18-36(25)56-30)38(52)47-37-31-6-1-2-7-35(31)54-22-33(37)51/h1-11,14,16,18,26,28,32-33,37,50-51H,12-13,15,17,19-23H2,(H,46,53)(H,47,52)/t26-,28-,32-,33+,37-/m0/s1. The number of β-amino-alcohol motifs (C(OH)–C–C–N with tert-alkyl or cyclic N) is 1. The van der Waals surface area contributed by atoms with Crippen LogP contribution in [0.5, 0.6) is 5.75 Å². The molecule has 0 saturated carbocycles. The van der Waals surface area contributed by atoms with Gasteiger partial charge in [-0.15, -0.1) is 0 Å². The molecule has 3 aromatic heterocycles. The molecule has 56 heavy (non-hydrogen) atoms. The largest absolute Gasteiger partial charge is 0.490 e. The number of hydrogen-bond donors (Lipinski definition) is 4. The van der Waals surface area contributed by atoms with Crippen molar-refractivity contribution in [1.82, 2.24) is 25.4 Å². The minimum Gasteiger partial charge on any atom is -0.490 e. The Kier molecular flexibility index (Phi) is 12.0. The summed E-state index contributed by atoms with van der Waals surface area (Å²) in [5.41, 5.74) is 1.91. The molecule has 0 unspecified atom stereocenters. The molecule has 5 aromatic rings. The summed E-state index contributed by atoms with van der Waals surface area (Å²) in [6.07, 6.45) is -3.66. The third-order valence-electron chi connectivity index (χ3n) is 10.0. The molecular formula is C40H41ClF3N5O7. The van der Waals surface area contributed by atoms with Gasteiger partial charge in [0.05, 0.1) is 24.9 Å². The molecule has 0 bridgehead atoms. The van der Waals surface area contributed by atoms with Gasteiger partial charge in [0, 0.05) is 66.3 Å². The highest BCUT2D eigenvalue weighted by molar-refractivity contribution is 6.30. The van der Waals surface area contributed by atoms with Crippen LogP contribution in [0.15, 0.2) is 94.0 Å². The molecule has 7 rings (SSSR count). The number of ether oxygens (including phenoxy) is 1. The highest BCUT2D eigenvalue weighted by Crippen LogP contribution is 2.33. The summed E-state index contributed by atoms with van der Waals surface area (Å²) in [6, 6.07) is 19.6. The Morgan fingerprint density at radius 3 is 2.66 bits per heavy atom. The number of aromatic nitrogens is 1. The summed E-state index contributed by atoms with van der Waals surface area (Å²) in [6.45, 7) is -0.635. The summed E-state index contributed by atoms with van der Waals surface area (Å²) in [5, 5.41) is 28.7. The molecule has 5 atom stereocenters. The third-order valence-corrected chi connectivity index (χ3v) is 10.3. The maximum Gasteiger partial charge on any atom is 0.405 e. The lowest BCUT2D eigenvalue weighted by molar-refractivity contribution is -0.143. The van der Waals surface area contributed by atoms with Gasteiger partial charge in [-0.1, -0.05) is 41.9 Å². The van der Waals surface area contributed by atoms with Crippen molar-refractivity contribution in [2.75, 3.05) is 39.3 Å². The molecule has 5 heterocycles. The molecule has 16 heteroatoms. The molecule has 0 aliphatic carbocycles. The van der Waals surface area contributed by atoms with Crippen LogP contribution in [0.1, 0.15) is 29.5 Å². The van der Waals surface area contributed by atoms with E-state index in [1.807, 2.05) is 16.3 Å². The Morgan fingerprint density at radius 2 is 1.86 bits per heavy atom. The fourth-order valence-electron chi connectivity index (χ4n) is 7.31. The van der Waals surface area contributed by atoms with Crippen LogP contribution in [-0.2, 0) is 22.6 Å². The number of furan rings is 2. The number of aliphatic hydroxyl groups excluding tert-OH is 2. The number of nitrogens with one attached hydrogen (secondary N) is 2. The monoisotopic (exact) mass is 795 g/mol. The van der Waals surface area contributed by atoms with Gasteiger partial charge in [0.15, 0.2) is 5.58 Å². The normalized spacial score (nSPS) is 20.2. The number of para-hydroxylation sites is 1. The van der Waals surface area contributed by atoms with E-state index < -0.39 is 54.7 Å². The maximum atomic E-state index is 14.1. The molecule has 1 saturated heterocycles. The number of rotatable bonds is 13. The SMILES string of the molecule is O=C(N[C@H]1c2ccccc2OC[C@H]1O)[C@H](Cc1cc2ccncc2o1)C[C@H](O)CN1CCN(Cc2ccc(-c3cccc(Cl)c3)o2)C[C@H]1C(=O)NCC(F)(F)F. The summed E-state index contributed by atoms with van der Waals surface area (Å²) in [4.78, 5) is 35.1. The highest BCUT2D eigenvalue weighted by Gasteiger charge is 2.38. The van der Waals surface area contributed by atoms with Crippen molar-refractivity contribution in [3.63, 3.8) is 0 Å². The summed E-state index contributed by atoms with van der Waals surface area (Å²) < 4.78 is 57.2. The lowest BCUT2D eigenvalue weighted by atomic mass is 9.92. The zero-order valence-electron chi connectivity index (χ0n) is 30.1. The summed E-state index contributed by atoms with van der Waals surface area (Å²) in [7, 11) is 0. The molecule has 0 spiro atoms. The zero-order chi connectivity index (χ0) is 39.4. The van der Waals surface area contributed by atoms with Crippen molar-refractivity contribution in [2.24, 2.45) is 5.92 Å². The van der Waals surface area contributed by atoms with Crippen LogP contribution < -0.4 is 15.4 Å². The maximum absolute atomic E-state index is 14.1. The van der Waals surface area contributed by atoms with Crippen molar-refractivity contribution in [2.45, 2.75) is 49.9 Å². The number of nitrogens with zero attached hydrogens (tertiary/aromatic N) is 3. The molecule has 2 aromatic carbocycles. The molecule has 2 aliphatic heterocycles. The van der Waals surface area contributed by atoms with Gasteiger partial charge in [-0.3, -0.25) is 24.4 Å². The second kappa shape index (κ2) is 17.1. The Bertz CT molecular complexity index is 2110. The summed E-state index contributed by atoms with van der Waals surface area (Å²) in [5.74, 6) is 0.0356. The minimum absolute atomic E-state index is 0.0292. The number of piperazine rings is 1. The topological polar surface area (TPSA) is 154 Å². The lowest BCUT2D eigenvalue weighted by Crippen LogP contribution is -2.60. The van der Waals surface area contributed by atoms with E-state index in [-0.39, 0.29) is 45.6 Å². The molecule has 1 fully saturated rings. The van der Waals surface area contributed by atoms with Crippen LogP contribution >= 0.6 is 11.6 Å². The smallest absolute Gasteiger partial charge is 0.405 e. The number of aliphatic hydroxyl groups is 2. The molecule has 2 amide bonds. The van der Waals surface area contributed by atoms with Gasteiger partial charge < -0.3 is 34.4 Å². The average molecular weight is 796 g/mol. The Balaban J connectivity index is 1.07. The van der Waals surface area contributed by atoms with Crippen LogP contribution in [0.3, 0.4) is 0 Å². The number of pyridine rings is 1. The van der Waals surface area contributed by atoms with Gasteiger partial charge in [-0.25, -0.2) is 0 Å². The van der Waals surface area contributed by atoms with Crippen molar-refractivity contribution < 1.29 is 46.5 Å². The van der Waals surface area contributed by atoms with Crippen LogP contribution in [-0.4, -0.2) is 101 Å². The van der Waals surface area contributed by atoms with Gasteiger partial charge in [-0.05, 0) is 48.9 Å². The van der Waals surface area contributed by atoms with Gasteiger partial charge in [-0.2, -0.15) is 13.2 Å². The van der Waals surface area contributed by atoms with E-state index in [2.05, 4.69) is 10.3 Å². The molecule has 4 N–H and O–H groups in total. The number of fused-ring (bicyclic) bond motifs is 2. The van der Waals surface area contributed by atoms with Crippen LogP contribution in [0.2, 0.25) is 5.02 Å². The number of hydrogen-bond acceptors (Lipinski definition) is 10. The van der Waals surface area contributed by atoms with Crippen molar-refractivity contribution in [3.05, 3.63) is 107 Å². The third kappa shape index (κ3) is 9.71. The first-order chi connectivity index (χ1) is 26.9. The van der Waals surface area contributed by atoms with Crippen LogP contribution in [0.4, 0.5) is 13.2 Å². The zero-order valence-corrected chi connectivity index (χ0v) is 30.9. The van der Waals surface area contributed by atoms with Gasteiger partial charge in [0.2, 0.25) is 11.8 Å². The number of alkyl halides is 3. The number of benzene rings is 2. The van der Waals surface area contributed by atoms with E-state index in [1.54, 1.807) is 84.0 Å².